The van der Waals surface area contributed by atoms with Crippen LogP contribution in [0.4, 0.5) is 5.69 Å². The first-order chi connectivity index (χ1) is 11.4. The number of nitrogen functional groups attached to an aromatic ring is 1. The van der Waals surface area contributed by atoms with Crippen molar-refractivity contribution < 1.29 is 9.53 Å². The van der Waals surface area contributed by atoms with E-state index in [0.29, 0.717) is 16.4 Å². The maximum absolute atomic E-state index is 12.1. The third-order valence-corrected chi connectivity index (χ3v) is 3.68. The van der Waals surface area contributed by atoms with E-state index < -0.39 is 5.97 Å². The Kier molecular flexibility index (Phi) is 4.22. The first-order valence-corrected chi connectivity index (χ1v) is 7.53. The van der Waals surface area contributed by atoms with E-state index in [0.717, 1.165) is 5.56 Å². The van der Waals surface area contributed by atoms with Crippen LogP contribution in [0.15, 0.2) is 47.4 Å². The van der Waals surface area contributed by atoms with Crippen molar-refractivity contribution in [1.82, 2.24) is 9.38 Å². The number of hydrogen-bond donors (Lipinski definition) is 1. The first kappa shape index (κ1) is 16.0. The Morgan fingerprint density at radius 1 is 1.29 bits per heavy atom. The summed E-state index contributed by atoms with van der Waals surface area (Å²) in [7, 11) is 0. The van der Waals surface area contributed by atoms with Crippen molar-refractivity contribution in [2.45, 2.75) is 13.5 Å². The zero-order valence-corrected chi connectivity index (χ0v) is 13.6. The second kappa shape index (κ2) is 6.33. The fourth-order valence-electron chi connectivity index (χ4n) is 2.27. The summed E-state index contributed by atoms with van der Waals surface area (Å²) < 4.78 is 6.63. The predicted molar refractivity (Wildman–Crippen MR) is 91.2 cm³/mol. The van der Waals surface area contributed by atoms with Crippen molar-refractivity contribution in [3.05, 3.63) is 74.8 Å². The molecule has 24 heavy (non-hydrogen) atoms. The lowest BCUT2D eigenvalue weighted by molar-refractivity contribution is 0.0469. The molecule has 0 unspecified atom stereocenters. The molecule has 2 heterocycles. The molecule has 0 atom stereocenters. The zero-order valence-electron chi connectivity index (χ0n) is 12.8. The lowest BCUT2D eigenvalue weighted by Gasteiger charge is -2.08. The maximum Gasteiger partial charge on any atom is 0.340 e. The number of carbonyl (C=O) groups excluding carboxylic acids is 1. The van der Waals surface area contributed by atoms with Crippen LogP contribution in [-0.4, -0.2) is 15.4 Å². The van der Waals surface area contributed by atoms with Crippen LogP contribution < -0.4 is 11.3 Å². The van der Waals surface area contributed by atoms with Gasteiger partial charge in [0, 0.05) is 23.0 Å². The molecule has 0 bridgehead atoms. The number of nitrogens with zero attached hydrogens (tertiary/aromatic N) is 2. The van der Waals surface area contributed by atoms with Crippen LogP contribution in [0.5, 0.6) is 0 Å². The van der Waals surface area contributed by atoms with Gasteiger partial charge in [0.05, 0.1) is 11.3 Å². The molecule has 2 aromatic heterocycles. The summed E-state index contributed by atoms with van der Waals surface area (Å²) in [4.78, 5) is 28.5. The predicted octanol–water partition coefficient (Wildman–Crippen LogP) is 2.60. The first-order valence-electron chi connectivity index (χ1n) is 7.15. The van der Waals surface area contributed by atoms with E-state index in [9.17, 15) is 9.59 Å². The van der Waals surface area contributed by atoms with Gasteiger partial charge in [-0.2, -0.15) is 0 Å². The second-order valence-corrected chi connectivity index (χ2v) is 5.76. The number of esters is 1. The smallest absolute Gasteiger partial charge is 0.340 e. The summed E-state index contributed by atoms with van der Waals surface area (Å²) in [6, 6.07) is 9.44. The Balaban J connectivity index is 1.81. The van der Waals surface area contributed by atoms with E-state index in [1.807, 2.05) is 13.0 Å². The van der Waals surface area contributed by atoms with Crippen molar-refractivity contribution in [3.8, 4) is 0 Å². The summed E-state index contributed by atoms with van der Waals surface area (Å²) in [6.45, 7) is 1.76. The average Bonchev–Trinajstić information content (AvgIpc) is 2.53. The van der Waals surface area contributed by atoms with Crippen LogP contribution in [0.3, 0.4) is 0 Å². The maximum atomic E-state index is 12.1. The van der Waals surface area contributed by atoms with E-state index in [4.69, 9.17) is 22.1 Å². The highest BCUT2D eigenvalue weighted by molar-refractivity contribution is 6.31. The van der Waals surface area contributed by atoms with Crippen LogP contribution in [0.25, 0.3) is 5.65 Å². The van der Waals surface area contributed by atoms with Gasteiger partial charge < -0.3 is 10.5 Å². The number of aryl methyl sites for hydroxylation is 1. The number of anilines is 1. The largest absolute Gasteiger partial charge is 0.456 e. The van der Waals surface area contributed by atoms with Gasteiger partial charge >= 0.3 is 5.97 Å². The van der Waals surface area contributed by atoms with Crippen molar-refractivity contribution >= 4 is 28.9 Å². The molecule has 0 aliphatic heterocycles. The van der Waals surface area contributed by atoms with Crippen LogP contribution in [-0.2, 0) is 11.3 Å². The van der Waals surface area contributed by atoms with E-state index in [1.165, 1.54) is 22.6 Å². The van der Waals surface area contributed by atoms with E-state index in [2.05, 4.69) is 4.98 Å². The minimum Gasteiger partial charge on any atom is -0.456 e. The minimum absolute atomic E-state index is 0.124. The summed E-state index contributed by atoms with van der Waals surface area (Å²) in [5.74, 6) is -0.602. The van der Waals surface area contributed by atoms with Gasteiger partial charge in [-0.1, -0.05) is 17.7 Å². The summed E-state index contributed by atoms with van der Waals surface area (Å²) in [6.07, 6.45) is 1.70. The lowest BCUT2D eigenvalue weighted by atomic mass is 10.2. The molecule has 3 rings (SSSR count). The number of hydrogen-bond acceptors (Lipinski definition) is 5. The van der Waals surface area contributed by atoms with E-state index in [-0.39, 0.29) is 23.4 Å². The molecule has 0 radical (unpaired) electrons. The van der Waals surface area contributed by atoms with Gasteiger partial charge in [0.15, 0.2) is 0 Å². The molecule has 0 saturated heterocycles. The Hall–Kier alpha value is -2.86. The third-order valence-electron chi connectivity index (χ3n) is 3.45. The highest BCUT2D eigenvalue weighted by atomic mass is 35.5. The lowest BCUT2D eigenvalue weighted by Crippen LogP contribution is -2.17. The van der Waals surface area contributed by atoms with E-state index in [1.54, 1.807) is 18.3 Å². The molecular weight excluding hydrogens is 330 g/mol. The summed E-state index contributed by atoms with van der Waals surface area (Å²) >= 11 is 5.80. The van der Waals surface area contributed by atoms with Gasteiger partial charge in [-0.25, -0.2) is 9.78 Å². The summed E-state index contributed by atoms with van der Waals surface area (Å²) in [5.41, 5.74) is 7.76. The molecule has 2 N–H and O–H groups in total. The topological polar surface area (TPSA) is 86.7 Å². The van der Waals surface area contributed by atoms with Gasteiger partial charge in [0.25, 0.3) is 5.56 Å². The van der Waals surface area contributed by atoms with Crippen molar-refractivity contribution in [1.29, 1.82) is 0 Å². The molecule has 1 aromatic carbocycles. The molecule has 0 amide bonds. The minimum atomic E-state index is -0.602. The van der Waals surface area contributed by atoms with Crippen molar-refractivity contribution in [2.24, 2.45) is 0 Å². The Morgan fingerprint density at radius 3 is 2.83 bits per heavy atom. The number of fused-ring (bicyclic) bond motifs is 1. The zero-order chi connectivity index (χ0) is 17.3. The number of rotatable bonds is 3. The molecular formula is C17H14ClN3O3. The van der Waals surface area contributed by atoms with Crippen LogP contribution in [0.2, 0.25) is 5.02 Å². The molecule has 0 saturated carbocycles. The molecule has 6 nitrogen and oxygen atoms in total. The molecule has 7 heteroatoms. The molecule has 0 aliphatic rings. The Morgan fingerprint density at radius 2 is 2.08 bits per heavy atom. The van der Waals surface area contributed by atoms with Crippen LogP contribution in [0.1, 0.15) is 21.6 Å². The summed E-state index contributed by atoms with van der Waals surface area (Å²) in [5, 5.41) is 0.434. The van der Waals surface area contributed by atoms with Gasteiger partial charge in [-0.05, 0) is 36.8 Å². The van der Waals surface area contributed by atoms with Crippen LogP contribution >= 0.6 is 11.6 Å². The molecule has 0 fully saturated rings. The molecule has 0 spiro atoms. The highest BCUT2D eigenvalue weighted by Crippen LogP contribution is 2.19. The number of benzene rings is 1. The molecule has 3 aromatic rings. The van der Waals surface area contributed by atoms with E-state index >= 15 is 0 Å². The number of aromatic nitrogens is 2. The number of carbonyl (C=O) groups is 1. The fourth-order valence-corrected chi connectivity index (χ4v) is 2.45. The number of ether oxygens (including phenoxy) is 1. The third kappa shape index (κ3) is 3.23. The fraction of sp³-hybridized carbons (Fsp3) is 0.118. The Bertz CT molecular complexity index is 998. The van der Waals surface area contributed by atoms with Gasteiger partial charge in [-0.15, -0.1) is 0 Å². The standard InChI is InChI=1S/C17H14ClN3O3/c1-10-2-5-15-20-12(7-16(22)21(15)8-10)9-24-17(23)13-4-3-11(18)6-14(13)19/h2-8H,9,19H2,1H3. The van der Waals surface area contributed by atoms with Crippen LogP contribution in [0, 0.1) is 6.92 Å². The molecule has 122 valence electrons. The number of nitrogens with two attached hydrogens (primary N) is 1. The normalized spacial score (nSPS) is 10.8. The average molecular weight is 344 g/mol. The SMILES string of the molecule is Cc1ccc2nc(COC(=O)c3ccc(Cl)cc3N)cc(=O)n2c1. The number of pyridine rings is 1. The monoisotopic (exact) mass is 343 g/mol. The van der Waals surface area contributed by atoms with Gasteiger partial charge in [0.1, 0.15) is 12.3 Å². The van der Waals surface area contributed by atoms with Crippen molar-refractivity contribution in [2.75, 3.05) is 5.73 Å². The quantitative estimate of drug-likeness (QED) is 0.583. The van der Waals surface area contributed by atoms with Gasteiger partial charge in [-0.3, -0.25) is 9.20 Å². The highest BCUT2D eigenvalue weighted by Gasteiger charge is 2.12. The Labute approximate surface area is 142 Å². The number of halogens is 1. The van der Waals surface area contributed by atoms with Crippen molar-refractivity contribution in [3.63, 3.8) is 0 Å². The molecule has 0 aliphatic carbocycles. The van der Waals surface area contributed by atoms with Gasteiger partial charge in [0.2, 0.25) is 0 Å². The second-order valence-electron chi connectivity index (χ2n) is 5.33.